The lowest BCUT2D eigenvalue weighted by molar-refractivity contribution is -0.137. The summed E-state index contributed by atoms with van der Waals surface area (Å²) in [5, 5.41) is 11.3. The van der Waals surface area contributed by atoms with Gasteiger partial charge in [-0.3, -0.25) is 9.59 Å². The van der Waals surface area contributed by atoms with Gasteiger partial charge in [-0.05, 0) is 31.4 Å². The Morgan fingerprint density at radius 2 is 1.95 bits per heavy atom. The number of rotatable bonds is 9. The minimum Gasteiger partial charge on any atom is -0.481 e. The van der Waals surface area contributed by atoms with Gasteiger partial charge in [-0.1, -0.05) is 42.7 Å². The Kier molecular flexibility index (Phi) is 7.87. The SMILES string of the molecule is Cc1cccc(/C=C/C(=O)NCCCCCCC(=O)O)c1. The number of amides is 1. The van der Waals surface area contributed by atoms with E-state index < -0.39 is 5.97 Å². The van der Waals surface area contributed by atoms with E-state index in [1.54, 1.807) is 12.2 Å². The molecule has 1 rings (SSSR count). The van der Waals surface area contributed by atoms with Gasteiger partial charge in [0.1, 0.15) is 0 Å². The van der Waals surface area contributed by atoms with Crippen molar-refractivity contribution in [1.82, 2.24) is 5.32 Å². The third-order valence-corrected chi connectivity index (χ3v) is 3.09. The van der Waals surface area contributed by atoms with Crippen molar-refractivity contribution in [3.05, 3.63) is 41.5 Å². The third kappa shape index (κ3) is 8.63. The highest BCUT2D eigenvalue weighted by atomic mass is 16.4. The van der Waals surface area contributed by atoms with E-state index in [1.807, 2.05) is 31.2 Å². The summed E-state index contributed by atoms with van der Waals surface area (Å²) in [5.41, 5.74) is 2.18. The largest absolute Gasteiger partial charge is 0.481 e. The van der Waals surface area contributed by atoms with Crippen LogP contribution < -0.4 is 5.32 Å². The van der Waals surface area contributed by atoms with Crippen LogP contribution in [0.25, 0.3) is 6.08 Å². The van der Waals surface area contributed by atoms with Crippen LogP contribution in [0.1, 0.15) is 43.2 Å². The van der Waals surface area contributed by atoms with Crippen LogP contribution in [0, 0.1) is 6.92 Å². The zero-order valence-electron chi connectivity index (χ0n) is 12.5. The highest BCUT2D eigenvalue weighted by molar-refractivity contribution is 5.91. The Hall–Kier alpha value is -2.10. The number of carbonyl (C=O) groups excluding carboxylic acids is 1. The summed E-state index contributed by atoms with van der Waals surface area (Å²) >= 11 is 0. The molecule has 0 aliphatic rings. The van der Waals surface area contributed by atoms with Crippen molar-refractivity contribution in [2.45, 2.75) is 39.0 Å². The molecule has 0 saturated heterocycles. The Morgan fingerprint density at radius 1 is 1.19 bits per heavy atom. The number of unbranched alkanes of at least 4 members (excludes halogenated alkanes) is 3. The normalized spacial score (nSPS) is 10.7. The molecular weight excluding hydrogens is 266 g/mol. The molecule has 4 nitrogen and oxygen atoms in total. The molecule has 0 fully saturated rings. The molecule has 1 amide bonds. The average molecular weight is 289 g/mol. The second-order valence-corrected chi connectivity index (χ2v) is 5.10. The lowest BCUT2D eigenvalue weighted by atomic mass is 10.1. The zero-order valence-corrected chi connectivity index (χ0v) is 12.5. The molecule has 0 heterocycles. The number of aryl methyl sites for hydroxylation is 1. The van der Waals surface area contributed by atoms with Crippen LogP contribution in [0.2, 0.25) is 0 Å². The van der Waals surface area contributed by atoms with Gasteiger partial charge in [0.05, 0.1) is 0 Å². The zero-order chi connectivity index (χ0) is 15.5. The van der Waals surface area contributed by atoms with E-state index in [4.69, 9.17) is 5.11 Å². The molecule has 21 heavy (non-hydrogen) atoms. The van der Waals surface area contributed by atoms with Gasteiger partial charge in [-0.15, -0.1) is 0 Å². The van der Waals surface area contributed by atoms with Crippen LogP contribution in [0.3, 0.4) is 0 Å². The summed E-state index contributed by atoms with van der Waals surface area (Å²) < 4.78 is 0. The molecule has 1 aromatic carbocycles. The maximum absolute atomic E-state index is 11.6. The number of carboxylic acid groups (broad SMARTS) is 1. The van der Waals surface area contributed by atoms with E-state index in [0.717, 1.165) is 24.8 Å². The lowest BCUT2D eigenvalue weighted by Gasteiger charge is -2.02. The minimum atomic E-state index is -0.746. The first-order chi connectivity index (χ1) is 10.1. The standard InChI is InChI=1S/C17H23NO3/c1-14-7-6-8-15(13-14)10-11-16(19)18-12-5-3-2-4-9-17(20)21/h6-8,10-11,13H,2-5,9,12H2,1H3,(H,18,19)(H,20,21)/b11-10+. The fourth-order valence-electron chi connectivity index (χ4n) is 1.97. The molecule has 0 spiro atoms. The summed E-state index contributed by atoms with van der Waals surface area (Å²) in [5.74, 6) is -0.841. The molecule has 0 unspecified atom stereocenters. The van der Waals surface area contributed by atoms with E-state index in [9.17, 15) is 9.59 Å². The van der Waals surface area contributed by atoms with Crippen molar-refractivity contribution in [1.29, 1.82) is 0 Å². The van der Waals surface area contributed by atoms with E-state index in [0.29, 0.717) is 13.0 Å². The Labute approximate surface area is 125 Å². The molecule has 0 aliphatic heterocycles. The van der Waals surface area contributed by atoms with Gasteiger partial charge >= 0.3 is 5.97 Å². The van der Waals surface area contributed by atoms with Crippen molar-refractivity contribution in [2.24, 2.45) is 0 Å². The Morgan fingerprint density at radius 3 is 2.67 bits per heavy atom. The maximum atomic E-state index is 11.6. The number of nitrogens with one attached hydrogen (secondary N) is 1. The number of carboxylic acids is 1. The van der Waals surface area contributed by atoms with Gasteiger partial charge in [-0.25, -0.2) is 0 Å². The molecule has 4 heteroatoms. The van der Waals surface area contributed by atoms with E-state index >= 15 is 0 Å². The van der Waals surface area contributed by atoms with Crippen molar-refractivity contribution in [3.8, 4) is 0 Å². The molecule has 0 aliphatic carbocycles. The monoisotopic (exact) mass is 289 g/mol. The van der Waals surface area contributed by atoms with Crippen LogP contribution in [0.15, 0.2) is 30.3 Å². The predicted octanol–water partition coefficient (Wildman–Crippen LogP) is 3.16. The van der Waals surface area contributed by atoms with E-state index in [-0.39, 0.29) is 12.3 Å². The molecule has 0 saturated carbocycles. The van der Waals surface area contributed by atoms with Crippen LogP contribution in [-0.4, -0.2) is 23.5 Å². The van der Waals surface area contributed by atoms with Gasteiger partial charge < -0.3 is 10.4 Å². The van der Waals surface area contributed by atoms with Crippen LogP contribution in [-0.2, 0) is 9.59 Å². The van der Waals surface area contributed by atoms with Gasteiger partial charge in [0.2, 0.25) is 5.91 Å². The Balaban J connectivity index is 2.12. The van der Waals surface area contributed by atoms with Crippen molar-refractivity contribution in [3.63, 3.8) is 0 Å². The third-order valence-electron chi connectivity index (χ3n) is 3.09. The van der Waals surface area contributed by atoms with E-state index in [2.05, 4.69) is 5.32 Å². The smallest absolute Gasteiger partial charge is 0.303 e. The molecule has 0 radical (unpaired) electrons. The quantitative estimate of drug-likeness (QED) is 0.542. The molecule has 1 aromatic rings. The summed E-state index contributed by atoms with van der Waals surface area (Å²) in [6, 6.07) is 7.96. The summed E-state index contributed by atoms with van der Waals surface area (Å²) in [4.78, 5) is 21.9. The van der Waals surface area contributed by atoms with Gasteiger partial charge in [-0.2, -0.15) is 0 Å². The van der Waals surface area contributed by atoms with Crippen LogP contribution >= 0.6 is 0 Å². The van der Waals surface area contributed by atoms with Crippen LogP contribution in [0.5, 0.6) is 0 Å². The molecule has 0 bridgehead atoms. The van der Waals surface area contributed by atoms with Crippen molar-refractivity contribution >= 4 is 18.0 Å². The first kappa shape index (κ1) is 17.0. The molecule has 0 aromatic heterocycles. The van der Waals surface area contributed by atoms with Gasteiger partial charge in [0, 0.05) is 19.0 Å². The highest BCUT2D eigenvalue weighted by Crippen LogP contribution is 2.05. The second kappa shape index (κ2) is 9.75. The van der Waals surface area contributed by atoms with E-state index in [1.165, 1.54) is 5.56 Å². The second-order valence-electron chi connectivity index (χ2n) is 5.10. The molecule has 2 N–H and O–H groups in total. The van der Waals surface area contributed by atoms with Crippen molar-refractivity contribution in [2.75, 3.05) is 6.54 Å². The molecule has 114 valence electrons. The van der Waals surface area contributed by atoms with Gasteiger partial charge in [0.15, 0.2) is 0 Å². The topological polar surface area (TPSA) is 66.4 Å². The number of hydrogen-bond donors (Lipinski definition) is 2. The Bertz CT molecular complexity index is 495. The van der Waals surface area contributed by atoms with Crippen LogP contribution in [0.4, 0.5) is 0 Å². The minimum absolute atomic E-state index is 0.0953. The van der Waals surface area contributed by atoms with Gasteiger partial charge in [0.25, 0.3) is 0 Å². The first-order valence-electron chi connectivity index (χ1n) is 7.32. The molecule has 0 atom stereocenters. The molecular formula is C17H23NO3. The highest BCUT2D eigenvalue weighted by Gasteiger charge is 1.98. The first-order valence-corrected chi connectivity index (χ1v) is 7.32. The fourth-order valence-corrected chi connectivity index (χ4v) is 1.97. The number of carbonyl (C=O) groups is 2. The summed E-state index contributed by atoms with van der Waals surface area (Å²) in [6.07, 6.45) is 6.98. The summed E-state index contributed by atoms with van der Waals surface area (Å²) in [6.45, 7) is 2.64. The number of hydrogen-bond acceptors (Lipinski definition) is 2. The summed E-state index contributed by atoms with van der Waals surface area (Å²) in [7, 11) is 0. The lowest BCUT2D eigenvalue weighted by Crippen LogP contribution is -2.21. The maximum Gasteiger partial charge on any atom is 0.303 e. The van der Waals surface area contributed by atoms with Crippen molar-refractivity contribution < 1.29 is 14.7 Å². The number of aliphatic carboxylic acids is 1. The number of benzene rings is 1. The predicted molar refractivity (Wildman–Crippen MR) is 83.9 cm³/mol. The fraction of sp³-hybridized carbons (Fsp3) is 0.412. The average Bonchev–Trinajstić information content (AvgIpc) is 2.44.